The van der Waals surface area contributed by atoms with E-state index in [1.807, 2.05) is 13.1 Å². The van der Waals surface area contributed by atoms with Gasteiger partial charge in [-0.1, -0.05) is 19.1 Å². The first kappa shape index (κ1) is 14.6. The fraction of sp³-hybridized carbons (Fsp3) is 0.538. The third-order valence-electron chi connectivity index (χ3n) is 2.57. The average Bonchev–Trinajstić information content (AvgIpc) is 2.31. The van der Waals surface area contributed by atoms with Crippen LogP contribution in [0, 0.1) is 5.82 Å². The van der Waals surface area contributed by atoms with E-state index < -0.39 is 0 Å². The second kappa shape index (κ2) is 7.80. The molecular weight excluding hydrogens is 283 g/mol. The van der Waals surface area contributed by atoms with Gasteiger partial charge in [-0.25, -0.2) is 4.39 Å². The second-order valence-electron chi connectivity index (χ2n) is 4.20. The predicted octanol–water partition coefficient (Wildman–Crippen LogP) is 3.02. The van der Waals surface area contributed by atoms with Crippen molar-refractivity contribution < 1.29 is 4.39 Å². The zero-order valence-electron chi connectivity index (χ0n) is 10.5. The Morgan fingerprint density at radius 3 is 2.82 bits per heavy atom. The van der Waals surface area contributed by atoms with Gasteiger partial charge in [-0.3, -0.25) is 0 Å². The molecule has 4 heteroatoms. The summed E-state index contributed by atoms with van der Waals surface area (Å²) >= 11 is 3.28. The fourth-order valence-electron chi connectivity index (χ4n) is 1.61. The van der Waals surface area contributed by atoms with Gasteiger partial charge in [0.05, 0.1) is 4.47 Å². The molecule has 0 radical (unpaired) electrons. The molecule has 0 aliphatic rings. The van der Waals surface area contributed by atoms with Crippen LogP contribution < -0.4 is 5.32 Å². The van der Waals surface area contributed by atoms with Crippen molar-refractivity contribution in [3.05, 3.63) is 34.1 Å². The number of hydrogen-bond donors (Lipinski definition) is 1. The Hall–Kier alpha value is -0.450. The minimum absolute atomic E-state index is 0.194. The minimum atomic E-state index is -0.194. The molecule has 1 aromatic carbocycles. The summed E-state index contributed by atoms with van der Waals surface area (Å²) in [5.74, 6) is -0.194. The maximum Gasteiger partial charge on any atom is 0.137 e. The van der Waals surface area contributed by atoms with E-state index in [1.54, 1.807) is 6.07 Å². The Bertz CT molecular complexity index is 344. The summed E-state index contributed by atoms with van der Waals surface area (Å²) in [5.41, 5.74) is 0.989. The molecular formula is C13H20BrFN2. The van der Waals surface area contributed by atoms with Crippen LogP contribution in [0.2, 0.25) is 0 Å². The normalized spacial score (nSPS) is 11.1. The molecule has 17 heavy (non-hydrogen) atoms. The second-order valence-corrected chi connectivity index (χ2v) is 4.99. The molecule has 96 valence electrons. The van der Waals surface area contributed by atoms with Crippen molar-refractivity contribution in [3.8, 4) is 0 Å². The zero-order valence-corrected chi connectivity index (χ0v) is 12.1. The van der Waals surface area contributed by atoms with Crippen LogP contribution in [0.4, 0.5) is 4.39 Å². The molecule has 0 aliphatic carbocycles. The molecule has 0 saturated carbocycles. The Balaban J connectivity index is 2.39. The predicted molar refractivity (Wildman–Crippen MR) is 73.6 cm³/mol. The van der Waals surface area contributed by atoms with E-state index in [9.17, 15) is 4.39 Å². The number of nitrogens with zero attached hydrogens (tertiary/aromatic N) is 1. The van der Waals surface area contributed by atoms with Gasteiger partial charge < -0.3 is 10.2 Å². The molecule has 0 aromatic heterocycles. The molecule has 0 heterocycles. The van der Waals surface area contributed by atoms with E-state index >= 15 is 0 Å². The highest BCUT2D eigenvalue weighted by atomic mass is 79.9. The van der Waals surface area contributed by atoms with Crippen molar-refractivity contribution in [2.45, 2.75) is 19.9 Å². The van der Waals surface area contributed by atoms with Crippen LogP contribution in [-0.2, 0) is 6.54 Å². The highest BCUT2D eigenvalue weighted by molar-refractivity contribution is 9.10. The van der Waals surface area contributed by atoms with Crippen LogP contribution in [0.1, 0.15) is 18.9 Å². The number of nitrogens with one attached hydrogen (secondary N) is 1. The van der Waals surface area contributed by atoms with Gasteiger partial charge in [-0.05, 0) is 47.6 Å². The molecule has 0 amide bonds. The number of likely N-dealkylation sites (N-methyl/N-ethyl adjacent to an activating group) is 1. The number of halogens is 2. The van der Waals surface area contributed by atoms with Gasteiger partial charge in [0.25, 0.3) is 0 Å². The first-order valence-corrected chi connectivity index (χ1v) is 6.76. The highest BCUT2D eigenvalue weighted by Crippen LogP contribution is 2.21. The first-order chi connectivity index (χ1) is 8.15. The monoisotopic (exact) mass is 302 g/mol. The van der Waals surface area contributed by atoms with Crippen LogP contribution in [-0.4, -0.2) is 31.6 Å². The average molecular weight is 303 g/mol. The van der Waals surface area contributed by atoms with Crippen molar-refractivity contribution in [1.82, 2.24) is 10.2 Å². The van der Waals surface area contributed by atoms with Gasteiger partial charge in [-0.2, -0.15) is 0 Å². The molecule has 0 unspecified atom stereocenters. The van der Waals surface area contributed by atoms with Crippen molar-refractivity contribution in [3.63, 3.8) is 0 Å². The third-order valence-corrected chi connectivity index (χ3v) is 3.46. The Morgan fingerprint density at radius 2 is 2.12 bits per heavy atom. The largest absolute Gasteiger partial charge is 0.315 e. The Labute approximate surface area is 111 Å². The maximum absolute atomic E-state index is 13.3. The molecule has 2 nitrogen and oxygen atoms in total. The van der Waals surface area contributed by atoms with Crippen LogP contribution in [0.25, 0.3) is 0 Å². The number of hydrogen-bond acceptors (Lipinski definition) is 2. The van der Waals surface area contributed by atoms with Crippen molar-refractivity contribution in [2.24, 2.45) is 0 Å². The molecule has 0 aliphatic heterocycles. The summed E-state index contributed by atoms with van der Waals surface area (Å²) in [6.45, 7) is 5.89. The third kappa shape index (κ3) is 5.15. The van der Waals surface area contributed by atoms with E-state index in [0.29, 0.717) is 4.47 Å². The molecule has 1 aromatic rings. The summed E-state index contributed by atoms with van der Waals surface area (Å²) in [6.07, 6.45) is 1.15. The fourth-order valence-corrected chi connectivity index (χ4v) is 2.00. The van der Waals surface area contributed by atoms with Crippen molar-refractivity contribution in [1.29, 1.82) is 0 Å². The Morgan fingerprint density at radius 1 is 1.35 bits per heavy atom. The molecule has 0 saturated heterocycles. The van der Waals surface area contributed by atoms with Crippen LogP contribution in [0.15, 0.2) is 22.7 Å². The lowest BCUT2D eigenvalue weighted by Gasteiger charge is -2.18. The van der Waals surface area contributed by atoms with E-state index in [0.717, 1.165) is 38.2 Å². The summed E-state index contributed by atoms with van der Waals surface area (Å²) in [6, 6.07) is 5.16. The molecule has 0 spiro atoms. The van der Waals surface area contributed by atoms with Gasteiger partial charge in [0.2, 0.25) is 0 Å². The lowest BCUT2D eigenvalue weighted by Crippen LogP contribution is -2.29. The van der Waals surface area contributed by atoms with Crippen molar-refractivity contribution in [2.75, 3.05) is 26.7 Å². The van der Waals surface area contributed by atoms with E-state index in [1.165, 1.54) is 6.07 Å². The van der Waals surface area contributed by atoms with E-state index in [2.05, 4.69) is 33.1 Å². The number of benzene rings is 1. The van der Waals surface area contributed by atoms with Gasteiger partial charge in [-0.15, -0.1) is 0 Å². The Kier molecular flexibility index (Phi) is 6.70. The topological polar surface area (TPSA) is 15.3 Å². The lowest BCUT2D eigenvalue weighted by molar-refractivity contribution is 0.323. The van der Waals surface area contributed by atoms with Crippen LogP contribution >= 0.6 is 15.9 Å². The van der Waals surface area contributed by atoms with E-state index in [4.69, 9.17) is 0 Å². The van der Waals surface area contributed by atoms with Gasteiger partial charge >= 0.3 is 0 Å². The van der Waals surface area contributed by atoms with Crippen LogP contribution in [0.3, 0.4) is 0 Å². The molecule has 1 rings (SSSR count). The van der Waals surface area contributed by atoms with Gasteiger partial charge in [0.15, 0.2) is 0 Å². The standard InChI is InChI=1S/C13H20BrFN2/c1-3-7-16-8-9-17(2)10-11-5-4-6-12(15)13(11)14/h4-6,16H,3,7-10H2,1-2H3. The molecule has 0 fully saturated rings. The molecule has 0 bridgehead atoms. The molecule has 0 atom stereocenters. The van der Waals surface area contributed by atoms with Gasteiger partial charge in [0, 0.05) is 19.6 Å². The lowest BCUT2D eigenvalue weighted by atomic mass is 10.2. The zero-order chi connectivity index (χ0) is 12.7. The SMILES string of the molecule is CCCNCCN(C)Cc1cccc(F)c1Br. The summed E-state index contributed by atoms with van der Waals surface area (Å²) < 4.78 is 13.9. The van der Waals surface area contributed by atoms with Crippen molar-refractivity contribution >= 4 is 15.9 Å². The number of rotatable bonds is 7. The smallest absolute Gasteiger partial charge is 0.137 e. The van der Waals surface area contributed by atoms with Gasteiger partial charge in [0.1, 0.15) is 5.82 Å². The minimum Gasteiger partial charge on any atom is -0.315 e. The summed E-state index contributed by atoms with van der Waals surface area (Å²) in [4.78, 5) is 2.18. The first-order valence-electron chi connectivity index (χ1n) is 5.97. The highest BCUT2D eigenvalue weighted by Gasteiger charge is 2.07. The van der Waals surface area contributed by atoms with E-state index in [-0.39, 0.29) is 5.82 Å². The maximum atomic E-state index is 13.3. The van der Waals surface area contributed by atoms with Crippen LogP contribution in [0.5, 0.6) is 0 Å². The molecule has 1 N–H and O–H groups in total. The summed E-state index contributed by atoms with van der Waals surface area (Å²) in [5, 5.41) is 3.35. The quantitative estimate of drug-likeness (QED) is 0.779. The summed E-state index contributed by atoms with van der Waals surface area (Å²) in [7, 11) is 2.05.